The van der Waals surface area contributed by atoms with Gasteiger partial charge in [-0.25, -0.2) is 9.97 Å². The number of benzene rings is 1. The van der Waals surface area contributed by atoms with Gasteiger partial charge in [-0.2, -0.15) is 0 Å². The van der Waals surface area contributed by atoms with Crippen LogP contribution in [0.1, 0.15) is 16.3 Å². The molecule has 4 rings (SSSR count). The Morgan fingerprint density at radius 1 is 1.23 bits per heavy atom. The van der Waals surface area contributed by atoms with Crippen molar-refractivity contribution in [2.75, 3.05) is 50.1 Å². The van der Waals surface area contributed by atoms with E-state index in [1.165, 1.54) is 4.88 Å². The first-order valence-corrected chi connectivity index (χ1v) is 11.4. The van der Waals surface area contributed by atoms with Crippen molar-refractivity contribution < 1.29 is 9.53 Å². The van der Waals surface area contributed by atoms with Crippen molar-refractivity contribution in [3.05, 3.63) is 45.6 Å². The van der Waals surface area contributed by atoms with Crippen LogP contribution in [-0.2, 0) is 16.1 Å². The molecule has 0 saturated carbocycles. The Labute approximate surface area is 191 Å². The summed E-state index contributed by atoms with van der Waals surface area (Å²) in [5, 5.41) is 4.57. The molecule has 0 radical (unpaired) electrons. The first kappa shape index (κ1) is 22.0. The number of thiophene rings is 1. The molecule has 1 aliphatic heterocycles. The summed E-state index contributed by atoms with van der Waals surface area (Å²) in [7, 11) is 1.90. The second kappa shape index (κ2) is 9.48. The Balaban J connectivity index is 1.57. The number of ether oxygens (including phenoxy) is 1. The highest BCUT2D eigenvalue weighted by Gasteiger charge is 2.20. The van der Waals surface area contributed by atoms with Gasteiger partial charge >= 0.3 is 0 Å². The number of likely N-dealkylation sites (N-methyl/N-ethyl adjacent to an activating group) is 1. The Bertz CT molecular complexity index is 1080. The Morgan fingerprint density at radius 3 is 2.65 bits per heavy atom. The molecule has 0 aliphatic carbocycles. The van der Waals surface area contributed by atoms with Crippen LogP contribution in [0.2, 0.25) is 5.02 Å². The lowest BCUT2D eigenvalue weighted by atomic mass is 10.2. The number of aromatic nitrogens is 2. The number of carbonyl (C=O) groups is 1. The van der Waals surface area contributed by atoms with Crippen molar-refractivity contribution in [3.63, 3.8) is 0 Å². The van der Waals surface area contributed by atoms with Crippen LogP contribution in [-0.4, -0.2) is 60.7 Å². The zero-order valence-electron chi connectivity index (χ0n) is 17.9. The average Bonchev–Trinajstić information content (AvgIpc) is 3.03. The number of morpholine rings is 1. The first-order valence-electron chi connectivity index (χ1n) is 10.2. The molecule has 2 aromatic heterocycles. The van der Waals surface area contributed by atoms with E-state index in [1.54, 1.807) is 35.6 Å². The molecule has 0 atom stereocenters. The van der Waals surface area contributed by atoms with Gasteiger partial charge in [0.2, 0.25) is 5.91 Å². The minimum absolute atomic E-state index is 0.115. The van der Waals surface area contributed by atoms with Gasteiger partial charge in [0, 0.05) is 35.7 Å². The number of anilines is 2. The number of hydrogen-bond acceptors (Lipinski definition) is 7. The molecular formula is C22H26ClN5O2S. The van der Waals surface area contributed by atoms with Gasteiger partial charge in [-0.3, -0.25) is 9.69 Å². The van der Waals surface area contributed by atoms with E-state index < -0.39 is 0 Å². The van der Waals surface area contributed by atoms with Crippen LogP contribution < -0.4 is 10.2 Å². The van der Waals surface area contributed by atoms with Crippen LogP contribution in [0.5, 0.6) is 0 Å². The van der Waals surface area contributed by atoms with Crippen molar-refractivity contribution in [2.45, 2.75) is 20.4 Å². The molecule has 1 amide bonds. The number of fused-ring (bicyclic) bond motifs is 1. The lowest BCUT2D eigenvalue weighted by Gasteiger charge is -2.26. The highest BCUT2D eigenvalue weighted by atomic mass is 35.5. The van der Waals surface area contributed by atoms with Crippen molar-refractivity contribution in [3.8, 4) is 0 Å². The fraction of sp³-hybridized carbons (Fsp3) is 0.409. The number of rotatable bonds is 6. The van der Waals surface area contributed by atoms with Crippen LogP contribution in [0, 0.1) is 13.8 Å². The first-order chi connectivity index (χ1) is 14.9. The molecule has 0 bridgehead atoms. The fourth-order valence-corrected chi connectivity index (χ4v) is 4.77. The largest absolute Gasteiger partial charge is 0.379 e. The van der Waals surface area contributed by atoms with Crippen molar-refractivity contribution in [1.29, 1.82) is 0 Å². The molecule has 1 aromatic carbocycles. The van der Waals surface area contributed by atoms with Gasteiger partial charge in [0.1, 0.15) is 16.5 Å². The molecule has 31 heavy (non-hydrogen) atoms. The SMILES string of the molecule is Cc1sc2nc(CN3CCOCC3)nc(N(C)CC(=O)Nc3ccc(Cl)cc3)c2c1C. The summed E-state index contributed by atoms with van der Waals surface area (Å²) >= 11 is 7.60. The summed E-state index contributed by atoms with van der Waals surface area (Å²) in [4.78, 5) is 28.8. The minimum atomic E-state index is -0.115. The number of carbonyl (C=O) groups excluding carboxylic acids is 1. The van der Waals surface area contributed by atoms with E-state index >= 15 is 0 Å². The standard InChI is InChI=1S/C22H26ClN5O2S/c1-14-15(2)31-22-20(14)21(25-18(26-22)12-28-8-10-30-11-9-28)27(3)13-19(29)24-17-6-4-16(23)5-7-17/h4-7H,8-13H2,1-3H3,(H,24,29). The summed E-state index contributed by atoms with van der Waals surface area (Å²) < 4.78 is 5.45. The second-order valence-corrected chi connectivity index (χ2v) is 9.37. The van der Waals surface area contributed by atoms with Crippen molar-refractivity contribution in [2.24, 2.45) is 0 Å². The molecule has 1 saturated heterocycles. The lowest BCUT2D eigenvalue weighted by molar-refractivity contribution is -0.114. The van der Waals surface area contributed by atoms with Crippen LogP contribution in [0.15, 0.2) is 24.3 Å². The van der Waals surface area contributed by atoms with Gasteiger partial charge in [-0.1, -0.05) is 11.6 Å². The summed E-state index contributed by atoms with van der Waals surface area (Å²) in [5.74, 6) is 1.45. The van der Waals surface area contributed by atoms with E-state index in [0.29, 0.717) is 17.3 Å². The van der Waals surface area contributed by atoms with Crippen molar-refractivity contribution >= 4 is 50.6 Å². The maximum Gasteiger partial charge on any atom is 0.243 e. The monoisotopic (exact) mass is 459 g/mol. The van der Waals surface area contributed by atoms with E-state index in [2.05, 4.69) is 24.1 Å². The molecule has 9 heteroatoms. The molecule has 7 nitrogen and oxygen atoms in total. The van der Waals surface area contributed by atoms with Crippen LogP contribution in [0.25, 0.3) is 10.2 Å². The molecule has 0 spiro atoms. The van der Waals surface area contributed by atoms with Gasteiger partial charge < -0.3 is 15.0 Å². The Hall–Kier alpha value is -2.26. The minimum Gasteiger partial charge on any atom is -0.379 e. The summed E-state index contributed by atoms with van der Waals surface area (Å²) in [6.45, 7) is 8.25. The van der Waals surface area contributed by atoms with E-state index in [9.17, 15) is 4.79 Å². The van der Waals surface area contributed by atoms with Gasteiger partial charge in [-0.05, 0) is 43.7 Å². The average molecular weight is 460 g/mol. The molecule has 3 aromatic rings. The maximum absolute atomic E-state index is 12.7. The molecule has 164 valence electrons. The molecule has 3 heterocycles. The smallest absolute Gasteiger partial charge is 0.243 e. The predicted molar refractivity (Wildman–Crippen MR) is 126 cm³/mol. The third-order valence-electron chi connectivity index (χ3n) is 5.39. The summed E-state index contributed by atoms with van der Waals surface area (Å²) in [5.41, 5.74) is 1.88. The number of halogens is 1. The Kier molecular flexibility index (Phi) is 6.71. The maximum atomic E-state index is 12.7. The second-order valence-electron chi connectivity index (χ2n) is 7.73. The quantitative estimate of drug-likeness (QED) is 0.603. The zero-order chi connectivity index (χ0) is 22.0. The van der Waals surface area contributed by atoms with Crippen LogP contribution in [0.4, 0.5) is 11.5 Å². The fourth-order valence-electron chi connectivity index (χ4n) is 3.60. The van der Waals surface area contributed by atoms with Gasteiger partial charge in [0.15, 0.2) is 0 Å². The van der Waals surface area contributed by atoms with Crippen LogP contribution in [0.3, 0.4) is 0 Å². The normalized spacial score (nSPS) is 14.7. The zero-order valence-corrected chi connectivity index (χ0v) is 19.5. The molecular weight excluding hydrogens is 434 g/mol. The molecule has 0 unspecified atom stereocenters. The van der Waals surface area contributed by atoms with E-state index in [4.69, 9.17) is 26.3 Å². The lowest BCUT2D eigenvalue weighted by Crippen LogP contribution is -2.36. The van der Waals surface area contributed by atoms with Gasteiger partial charge in [-0.15, -0.1) is 11.3 Å². The highest BCUT2D eigenvalue weighted by Crippen LogP contribution is 2.34. The van der Waals surface area contributed by atoms with Crippen molar-refractivity contribution in [1.82, 2.24) is 14.9 Å². The summed E-state index contributed by atoms with van der Waals surface area (Å²) in [6, 6.07) is 7.08. The number of amides is 1. The summed E-state index contributed by atoms with van der Waals surface area (Å²) in [6.07, 6.45) is 0. The van der Waals surface area contributed by atoms with E-state index in [1.807, 2.05) is 11.9 Å². The Morgan fingerprint density at radius 2 is 1.94 bits per heavy atom. The molecule has 1 N–H and O–H groups in total. The van der Waals surface area contributed by atoms with E-state index in [0.717, 1.165) is 53.7 Å². The number of nitrogens with one attached hydrogen (secondary N) is 1. The molecule has 1 fully saturated rings. The highest BCUT2D eigenvalue weighted by molar-refractivity contribution is 7.18. The number of hydrogen-bond donors (Lipinski definition) is 1. The van der Waals surface area contributed by atoms with Crippen LogP contribution >= 0.6 is 22.9 Å². The van der Waals surface area contributed by atoms with Gasteiger partial charge in [0.05, 0.1) is 31.7 Å². The number of nitrogens with zero attached hydrogens (tertiary/aromatic N) is 4. The predicted octanol–water partition coefficient (Wildman–Crippen LogP) is 3.87. The third-order valence-corrected chi connectivity index (χ3v) is 6.75. The topological polar surface area (TPSA) is 70.6 Å². The van der Waals surface area contributed by atoms with Gasteiger partial charge in [0.25, 0.3) is 0 Å². The molecule has 1 aliphatic rings. The number of aryl methyl sites for hydroxylation is 2. The third kappa shape index (κ3) is 5.15. The van der Waals surface area contributed by atoms with E-state index in [-0.39, 0.29) is 12.5 Å².